The van der Waals surface area contributed by atoms with Gasteiger partial charge >= 0.3 is 6.36 Å². The zero-order chi connectivity index (χ0) is 22.1. The van der Waals surface area contributed by atoms with Crippen LogP contribution in [0.1, 0.15) is 20.8 Å². The maximum atomic E-state index is 12.2. The standard InChI is InChI=1S/C19H15F3N4O2.C2H6/c1-12(27)25-15-4-2-3-13(9-15)17-10-18(24-11-23-17)26-14-5-7-16(8-6-14)28-19(20,21)22;1-2/h2-11H,1H3,(H,25,27)(H,23,24,26);1-2H3. The van der Waals surface area contributed by atoms with Crippen LogP contribution in [0.2, 0.25) is 0 Å². The number of alkyl halides is 3. The largest absolute Gasteiger partial charge is 0.573 e. The van der Waals surface area contributed by atoms with E-state index in [0.717, 1.165) is 5.56 Å². The summed E-state index contributed by atoms with van der Waals surface area (Å²) in [7, 11) is 0. The van der Waals surface area contributed by atoms with Crippen molar-refractivity contribution in [2.24, 2.45) is 0 Å². The quantitative estimate of drug-likeness (QED) is 0.550. The maximum Gasteiger partial charge on any atom is 0.573 e. The van der Waals surface area contributed by atoms with Crippen molar-refractivity contribution >= 4 is 23.1 Å². The molecule has 158 valence electrons. The molecule has 0 fully saturated rings. The maximum absolute atomic E-state index is 12.2. The molecule has 30 heavy (non-hydrogen) atoms. The van der Waals surface area contributed by atoms with E-state index >= 15 is 0 Å². The molecule has 0 radical (unpaired) electrons. The summed E-state index contributed by atoms with van der Waals surface area (Å²) in [5.74, 6) is -0.0317. The minimum absolute atomic E-state index is 0.180. The molecular formula is C21H21F3N4O2. The van der Waals surface area contributed by atoms with Crippen molar-refractivity contribution in [2.75, 3.05) is 10.6 Å². The van der Waals surface area contributed by atoms with Crippen LogP contribution in [0.3, 0.4) is 0 Å². The van der Waals surface area contributed by atoms with Crippen LogP contribution in [-0.4, -0.2) is 22.2 Å². The Morgan fingerprint density at radius 2 is 1.67 bits per heavy atom. The molecule has 0 aliphatic rings. The van der Waals surface area contributed by atoms with Crippen LogP contribution in [0.5, 0.6) is 5.75 Å². The monoisotopic (exact) mass is 418 g/mol. The number of hydrogen-bond donors (Lipinski definition) is 2. The second kappa shape index (κ2) is 10.2. The highest BCUT2D eigenvalue weighted by atomic mass is 19.4. The molecule has 0 aliphatic carbocycles. The van der Waals surface area contributed by atoms with Crippen LogP contribution >= 0.6 is 0 Å². The van der Waals surface area contributed by atoms with Crippen molar-refractivity contribution in [2.45, 2.75) is 27.1 Å². The Balaban J connectivity index is 0.00000155. The van der Waals surface area contributed by atoms with Gasteiger partial charge in [0.25, 0.3) is 0 Å². The van der Waals surface area contributed by atoms with Crippen molar-refractivity contribution in [1.82, 2.24) is 9.97 Å². The lowest BCUT2D eigenvalue weighted by Gasteiger charge is -2.11. The minimum Gasteiger partial charge on any atom is -0.406 e. The molecule has 3 aromatic rings. The number of nitrogens with zero attached hydrogens (tertiary/aromatic N) is 2. The summed E-state index contributed by atoms with van der Waals surface area (Å²) in [5.41, 5.74) is 2.55. The molecule has 1 aromatic heterocycles. The number of aromatic nitrogens is 2. The molecule has 0 saturated carbocycles. The molecule has 1 amide bonds. The van der Waals surface area contributed by atoms with Crippen LogP contribution in [0.15, 0.2) is 60.9 Å². The second-order valence-electron chi connectivity index (χ2n) is 5.75. The number of carbonyl (C=O) groups excluding carboxylic acids is 1. The van der Waals surface area contributed by atoms with E-state index in [0.29, 0.717) is 22.9 Å². The highest BCUT2D eigenvalue weighted by Crippen LogP contribution is 2.26. The fraction of sp³-hybridized carbons (Fsp3) is 0.190. The molecule has 2 aromatic carbocycles. The van der Waals surface area contributed by atoms with Crippen molar-refractivity contribution in [3.05, 3.63) is 60.9 Å². The average Bonchev–Trinajstić information content (AvgIpc) is 2.70. The molecule has 0 unspecified atom stereocenters. The highest BCUT2D eigenvalue weighted by Gasteiger charge is 2.30. The molecule has 0 atom stereocenters. The summed E-state index contributed by atoms with van der Waals surface area (Å²) >= 11 is 0. The van der Waals surface area contributed by atoms with E-state index in [1.165, 1.54) is 37.5 Å². The van der Waals surface area contributed by atoms with Crippen molar-refractivity contribution in [1.29, 1.82) is 0 Å². The topological polar surface area (TPSA) is 76.1 Å². The summed E-state index contributed by atoms with van der Waals surface area (Å²) < 4.78 is 40.5. The first-order valence-electron chi connectivity index (χ1n) is 9.11. The number of benzene rings is 2. The van der Waals surface area contributed by atoms with E-state index < -0.39 is 6.36 Å². The van der Waals surface area contributed by atoms with Crippen molar-refractivity contribution in [3.63, 3.8) is 0 Å². The molecule has 2 N–H and O–H groups in total. The summed E-state index contributed by atoms with van der Waals surface area (Å²) in [6.07, 6.45) is -3.37. The summed E-state index contributed by atoms with van der Waals surface area (Å²) in [4.78, 5) is 19.5. The molecule has 3 rings (SSSR count). The van der Waals surface area contributed by atoms with Crippen molar-refractivity contribution in [3.8, 4) is 17.0 Å². The van der Waals surface area contributed by atoms with Crippen LogP contribution in [0, 0.1) is 0 Å². The normalized spacial score (nSPS) is 10.5. The summed E-state index contributed by atoms with van der Waals surface area (Å²) in [6, 6.07) is 14.1. The van der Waals surface area contributed by atoms with E-state index in [-0.39, 0.29) is 11.7 Å². The Morgan fingerprint density at radius 3 is 2.30 bits per heavy atom. The van der Waals surface area contributed by atoms with E-state index in [2.05, 4.69) is 25.3 Å². The number of halogens is 3. The van der Waals surface area contributed by atoms with E-state index in [4.69, 9.17) is 0 Å². The lowest BCUT2D eigenvalue weighted by atomic mass is 10.1. The average molecular weight is 418 g/mol. The predicted octanol–water partition coefficient (Wildman–Crippen LogP) is 5.77. The first-order valence-corrected chi connectivity index (χ1v) is 9.11. The van der Waals surface area contributed by atoms with E-state index in [1.807, 2.05) is 19.9 Å². The SMILES string of the molecule is CC.CC(=O)Nc1cccc(-c2cc(Nc3ccc(OC(F)(F)F)cc3)ncn2)c1. The van der Waals surface area contributed by atoms with E-state index in [9.17, 15) is 18.0 Å². The number of ether oxygens (including phenoxy) is 1. The molecule has 0 aliphatic heterocycles. The fourth-order valence-electron chi connectivity index (χ4n) is 2.43. The van der Waals surface area contributed by atoms with Gasteiger partial charge in [-0.2, -0.15) is 0 Å². The first-order chi connectivity index (χ1) is 14.3. The number of hydrogen-bond acceptors (Lipinski definition) is 5. The van der Waals surface area contributed by atoms with Gasteiger partial charge in [0.2, 0.25) is 5.91 Å². The Bertz CT molecular complexity index is 976. The van der Waals surface area contributed by atoms with Gasteiger partial charge in [-0.15, -0.1) is 13.2 Å². The summed E-state index contributed by atoms with van der Waals surface area (Å²) in [6.45, 7) is 5.42. The summed E-state index contributed by atoms with van der Waals surface area (Å²) in [5, 5.41) is 5.69. The Hall–Kier alpha value is -3.62. The third kappa shape index (κ3) is 7.08. The van der Waals surface area contributed by atoms with Gasteiger partial charge in [-0.1, -0.05) is 26.0 Å². The number of rotatable bonds is 5. The lowest BCUT2D eigenvalue weighted by molar-refractivity contribution is -0.274. The van der Waals surface area contributed by atoms with Gasteiger partial charge in [0.15, 0.2) is 0 Å². The molecular weight excluding hydrogens is 397 g/mol. The number of nitrogens with one attached hydrogen (secondary N) is 2. The van der Waals surface area contributed by atoms with Gasteiger partial charge in [0, 0.05) is 29.9 Å². The third-order valence-electron chi connectivity index (χ3n) is 3.51. The van der Waals surface area contributed by atoms with Crippen LogP contribution < -0.4 is 15.4 Å². The van der Waals surface area contributed by atoms with Gasteiger partial charge in [0.1, 0.15) is 17.9 Å². The van der Waals surface area contributed by atoms with Gasteiger partial charge < -0.3 is 15.4 Å². The highest BCUT2D eigenvalue weighted by molar-refractivity contribution is 5.89. The van der Waals surface area contributed by atoms with Gasteiger partial charge in [-0.05, 0) is 36.4 Å². The fourth-order valence-corrected chi connectivity index (χ4v) is 2.43. The molecule has 6 nitrogen and oxygen atoms in total. The number of carbonyl (C=O) groups is 1. The molecule has 0 bridgehead atoms. The number of amides is 1. The van der Waals surface area contributed by atoms with Crippen molar-refractivity contribution < 1.29 is 22.7 Å². The molecule has 0 spiro atoms. The second-order valence-corrected chi connectivity index (χ2v) is 5.75. The van der Waals surface area contributed by atoms with Gasteiger partial charge in [-0.3, -0.25) is 4.79 Å². The third-order valence-corrected chi connectivity index (χ3v) is 3.51. The number of anilines is 3. The van der Waals surface area contributed by atoms with Gasteiger partial charge in [0.05, 0.1) is 5.69 Å². The predicted molar refractivity (Wildman–Crippen MR) is 110 cm³/mol. The van der Waals surface area contributed by atoms with Crippen LogP contribution in [0.4, 0.5) is 30.4 Å². The molecule has 0 saturated heterocycles. The minimum atomic E-state index is -4.73. The molecule has 9 heteroatoms. The zero-order valence-corrected chi connectivity index (χ0v) is 16.6. The first kappa shape index (κ1) is 22.7. The zero-order valence-electron chi connectivity index (χ0n) is 16.6. The van der Waals surface area contributed by atoms with Crippen LogP contribution in [-0.2, 0) is 4.79 Å². The smallest absolute Gasteiger partial charge is 0.406 e. The molecule has 1 heterocycles. The Morgan fingerprint density at radius 1 is 0.967 bits per heavy atom. The van der Waals surface area contributed by atoms with E-state index in [1.54, 1.807) is 24.3 Å². The van der Waals surface area contributed by atoms with Crippen LogP contribution in [0.25, 0.3) is 11.3 Å². The van der Waals surface area contributed by atoms with Gasteiger partial charge in [-0.25, -0.2) is 9.97 Å². The lowest BCUT2D eigenvalue weighted by Crippen LogP contribution is -2.16. The Labute approximate surface area is 172 Å². The Kier molecular flexibility index (Phi) is 7.74.